The van der Waals surface area contributed by atoms with Crippen LogP contribution in [0.3, 0.4) is 0 Å². The zero-order valence-electron chi connectivity index (χ0n) is 13.4. The average Bonchev–Trinajstić information content (AvgIpc) is 2.86. The van der Waals surface area contributed by atoms with Crippen LogP contribution in [0.1, 0.15) is 30.9 Å². The van der Waals surface area contributed by atoms with E-state index in [9.17, 15) is 4.79 Å². The molecule has 0 unspecified atom stereocenters. The van der Waals surface area contributed by atoms with Crippen molar-refractivity contribution in [1.29, 1.82) is 0 Å². The van der Waals surface area contributed by atoms with Gasteiger partial charge in [0.1, 0.15) is 0 Å². The van der Waals surface area contributed by atoms with Gasteiger partial charge in [-0.1, -0.05) is 31.2 Å². The summed E-state index contributed by atoms with van der Waals surface area (Å²) in [4.78, 5) is 14.6. The van der Waals surface area contributed by atoms with Gasteiger partial charge < -0.3 is 10.2 Å². The quantitative estimate of drug-likeness (QED) is 0.928. The van der Waals surface area contributed by atoms with E-state index in [1.54, 1.807) is 0 Å². The van der Waals surface area contributed by atoms with E-state index in [1.807, 2.05) is 0 Å². The fourth-order valence-corrected chi connectivity index (χ4v) is 3.65. The summed E-state index contributed by atoms with van der Waals surface area (Å²) < 4.78 is 0. The van der Waals surface area contributed by atoms with Gasteiger partial charge in [0.25, 0.3) is 0 Å². The monoisotopic (exact) mass is 322 g/mol. The van der Waals surface area contributed by atoms with Gasteiger partial charge in [0, 0.05) is 13.1 Å². The number of hydrogen-bond donors (Lipinski definition) is 1. The molecule has 1 aromatic rings. The molecule has 4 heteroatoms. The summed E-state index contributed by atoms with van der Waals surface area (Å²) in [5.41, 5.74) is 2.48. The molecule has 3 rings (SSSR count). The van der Waals surface area contributed by atoms with E-state index in [1.165, 1.54) is 5.56 Å². The highest BCUT2D eigenvalue weighted by Crippen LogP contribution is 2.27. The lowest BCUT2D eigenvalue weighted by Crippen LogP contribution is -2.33. The number of aryl methyl sites for hydroxylation is 1. The van der Waals surface area contributed by atoms with E-state index in [-0.39, 0.29) is 12.4 Å². The molecule has 0 aromatic heterocycles. The molecule has 122 valence electrons. The lowest BCUT2D eigenvalue weighted by atomic mass is 9.92. The number of carbonyl (C=O) groups is 1. The molecule has 2 saturated heterocycles. The highest BCUT2D eigenvalue weighted by molar-refractivity contribution is 5.85. The largest absolute Gasteiger partial charge is 0.342 e. The molecule has 3 nitrogen and oxygen atoms in total. The van der Waals surface area contributed by atoms with E-state index in [0.717, 1.165) is 62.8 Å². The molecule has 0 aliphatic carbocycles. The maximum Gasteiger partial charge on any atom is 0.226 e. The van der Waals surface area contributed by atoms with E-state index in [0.29, 0.717) is 12.3 Å². The SMILES string of the molecule is CCc1ccc(CC(=O)N2CC[C@@H]3CNC[C@@H]3CC2)cc1.Cl. The fraction of sp³-hybridized carbons (Fsp3) is 0.611. The van der Waals surface area contributed by atoms with Crippen LogP contribution in [-0.2, 0) is 17.6 Å². The van der Waals surface area contributed by atoms with Crippen LogP contribution in [0.15, 0.2) is 24.3 Å². The van der Waals surface area contributed by atoms with E-state index >= 15 is 0 Å². The molecule has 1 amide bonds. The number of amides is 1. The van der Waals surface area contributed by atoms with Crippen molar-refractivity contribution in [3.05, 3.63) is 35.4 Å². The lowest BCUT2D eigenvalue weighted by molar-refractivity contribution is -0.130. The van der Waals surface area contributed by atoms with Crippen LogP contribution >= 0.6 is 12.4 Å². The molecule has 2 aliphatic heterocycles. The van der Waals surface area contributed by atoms with Gasteiger partial charge in [0.2, 0.25) is 5.91 Å². The highest BCUT2D eigenvalue weighted by Gasteiger charge is 2.31. The summed E-state index contributed by atoms with van der Waals surface area (Å²) >= 11 is 0. The minimum absolute atomic E-state index is 0. The molecule has 2 heterocycles. The van der Waals surface area contributed by atoms with Gasteiger partial charge in [0.15, 0.2) is 0 Å². The normalized spacial score (nSPS) is 24.3. The molecule has 0 bridgehead atoms. The van der Waals surface area contributed by atoms with Crippen molar-refractivity contribution in [3.63, 3.8) is 0 Å². The second kappa shape index (κ2) is 7.98. The molecule has 1 N–H and O–H groups in total. The first-order valence-corrected chi connectivity index (χ1v) is 8.32. The lowest BCUT2D eigenvalue weighted by Gasteiger charge is -2.21. The number of hydrogen-bond acceptors (Lipinski definition) is 2. The van der Waals surface area contributed by atoms with Crippen molar-refractivity contribution >= 4 is 18.3 Å². The number of fused-ring (bicyclic) bond motifs is 1. The van der Waals surface area contributed by atoms with Crippen molar-refractivity contribution in [2.45, 2.75) is 32.6 Å². The first kappa shape index (κ1) is 17.3. The van der Waals surface area contributed by atoms with Crippen LogP contribution in [0, 0.1) is 11.8 Å². The Morgan fingerprint density at radius 2 is 1.64 bits per heavy atom. The molecule has 2 aliphatic rings. The Labute approximate surface area is 139 Å². The topological polar surface area (TPSA) is 32.3 Å². The molecule has 1 aromatic carbocycles. The van der Waals surface area contributed by atoms with Gasteiger partial charge >= 0.3 is 0 Å². The molecule has 0 spiro atoms. The van der Waals surface area contributed by atoms with Crippen LogP contribution < -0.4 is 5.32 Å². The molecular formula is C18H27ClN2O. The molecule has 22 heavy (non-hydrogen) atoms. The smallest absolute Gasteiger partial charge is 0.226 e. The number of likely N-dealkylation sites (tertiary alicyclic amines) is 1. The number of benzene rings is 1. The van der Waals surface area contributed by atoms with Crippen LogP contribution in [0.25, 0.3) is 0 Å². The van der Waals surface area contributed by atoms with Gasteiger partial charge in [-0.2, -0.15) is 0 Å². The third-order valence-electron chi connectivity index (χ3n) is 5.16. The summed E-state index contributed by atoms with van der Waals surface area (Å²) in [6.07, 6.45) is 3.94. The number of carbonyl (C=O) groups excluding carboxylic acids is 1. The fourth-order valence-electron chi connectivity index (χ4n) is 3.65. The van der Waals surface area contributed by atoms with Crippen molar-refractivity contribution in [2.24, 2.45) is 11.8 Å². The summed E-state index contributed by atoms with van der Waals surface area (Å²) in [6.45, 7) is 6.32. The number of nitrogens with one attached hydrogen (secondary N) is 1. The Balaban J connectivity index is 0.00000176. The second-order valence-electron chi connectivity index (χ2n) is 6.48. The zero-order chi connectivity index (χ0) is 14.7. The Hall–Kier alpha value is -1.06. The third-order valence-corrected chi connectivity index (χ3v) is 5.16. The maximum atomic E-state index is 12.5. The second-order valence-corrected chi connectivity index (χ2v) is 6.48. The minimum Gasteiger partial charge on any atom is -0.342 e. The summed E-state index contributed by atoms with van der Waals surface area (Å²) in [6, 6.07) is 8.49. The summed E-state index contributed by atoms with van der Waals surface area (Å²) in [5, 5.41) is 3.48. The minimum atomic E-state index is 0. The highest BCUT2D eigenvalue weighted by atomic mass is 35.5. The van der Waals surface area contributed by atoms with Gasteiger partial charge in [-0.3, -0.25) is 4.79 Å². The van der Waals surface area contributed by atoms with Crippen LogP contribution in [-0.4, -0.2) is 37.0 Å². The van der Waals surface area contributed by atoms with Crippen molar-refractivity contribution in [1.82, 2.24) is 10.2 Å². The Kier molecular flexibility index (Phi) is 6.27. The van der Waals surface area contributed by atoms with Crippen LogP contribution in [0.4, 0.5) is 0 Å². The number of halogens is 1. The first-order chi connectivity index (χ1) is 10.3. The van der Waals surface area contributed by atoms with Crippen molar-refractivity contribution in [3.8, 4) is 0 Å². The van der Waals surface area contributed by atoms with Gasteiger partial charge in [-0.25, -0.2) is 0 Å². The average molecular weight is 323 g/mol. The first-order valence-electron chi connectivity index (χ1n) is 8.32. The third kappa shape index (κ3) is 4.02. The van der Waals surface area contributed by atoms with Crippen LogP contribution in [0.2, 0.25) is 0 Å². The number of nitrogens with zero attached hydrogens (tertiary/aromatic N) is 1. The standard InChI is InChI=1S/C18H26N2O.ClH/c1-2-14-3-5-15(6-4-14)11-18(21)20-9-7-16-12-19-13-17(16)8-10-20;/h3-6,16-17,19H,2,7-13H2,1H3;1H/t16-,17+;. The molecule has 0 radical (unpaired) electrons. The predicted octanol–water partition coefficient (Wildman–Crippen LogP) is 2.67. The van der Waals surface area contributed by atoms with Gasteiger partial charge in [0.05, 0.1) is 6.42 Å². The molecule has 2 atom stereocenters. The van der Waals surface area contributed by atoms with Gasteiger partial charge in [-0.05, 0) is 55.3 Å². The maximum absolute atomic E-state index is 12.5. The van der Waals surface area contributed by atoms with E-state index < -0.39 is 0 Å². The zero-order valence-corrected chi connectivity index (χ0v) is 14.2. The predicted molar refractivity (Wildman–Crippen MR) is 92.4 cm³/mol. The Morgan fingerprint density at radius 1 is 1.09 bits per heavy atom. The van der Waals surface area contributed by atoms with Crippen molar-refractivity contribution < 1.29 is 4.79 Å². The van der Waals surface area contributed by atoms with Crippen molar-refractivity contribution in [2.75, 3.05) is 26.2 Å². The summed E-state index contributed by atoms with van der Waals surface area (Å²) in [7, 11) is 0. The Morgan fingerprint density at radius 3 is 2.18 bits per heavy atom. The summed E-state index contributed by atoms with van der Waals surface area (Å²) in [5.74, 6) is 1.87. The van der Waals surface area contributed by atoms with E-state index in [2.05, 4.69) is 41.4 Å². The Bertz CT molecular complexity index is 474. The van der Waals surface area contributed by atoms with E-state index in [4.69, 9.17) is 0 Å². The van der Waals surface area contributed by atoms with Gasteiger partial charge in [-0.15, -0.1) is 12.4 Å². The molecule has 0 saturated carbocycles. The molecular weight excluding hydrogens is 296 g/mol. The van der Waals surface area contributed by atoms with Crippen LogP contribution in [0.5, 0.6) is 0 Å². The number of rotatable bonds is 3. The molecule has 2 fully saturated rings.